The molecule has 0 amide bonds. The van der Waals surface area contributed by atoms with Gasteiger partial charge in [-0.05, 0) is 37.8 Å². The molecule has 0 bridgehead atoms. The van der Waals surface area contributed by atoms with Crippen molar-refractivity contribution in [1.82, 2.24) is 24.5 Å². The minimum atomic E-state index is -0.185. The van der Waals surface area contributed by atoms with Crippen LogP contribution in [0.4, 0.5) is 5.82 Å². The number of nitrogens with two attached hydrogens (primary N) is 1. The lowest BCUT2D eigenvalue weighted by molar-refractivity contribution is 0.108. The maximum absolute atomic E-state index is 9.80. The first kappa shape index (κ1) is 19.1. The number of aliphatic hydroxyl groups is 1. The van der Waals surface area contributed by atoms with Crippen molar-refractivity contribution < 1.29 is 9.52 Å². The third kappa shape index (κ3) is 2.98. The number of benzene rings is 1. The Balaban J connectivity index is 1.45. The first-order valence-corrected chi connectivity index (χ1v) is 10.9. The van der Waals surface area contributed by atoms with Crippen LogP contribution in [0.3, 0.4) is 0 Å². The van der Waals surface area contributed by atoms with Crippen LogP contribution < -0.4 is 5.73 Å². The molecule has 162 valence electrons. The predicted octanol–water partition coefficient (Wildman–Crippen LogP) is 4.30. The van der Waals surface area contributed by atoms with Gasteiger partial charge in [-0.3, -0.25) is 9.36 Å². The summed E-state index contributed by atoms with van der Waals surface area (Å²) >= 11 is 0. The van der Waals surface area contributed by atoms with E-state index in [1.54, 1.807) is 6.20 Å². The number of aromatic nitrogens is 5. The molecule has 4 heterocycles. The molecule has 1 fully saturated rings. The zero-order chi connectivity index (χ0) is 21.8. The molecule has 0 aliphatic heterocycles. The molecule has 0 radical (unpaired) electrons. The van der Waals surface area contributed by atoms with E-state index in [9.17, 15) is 5.11 Å². The Labute approximate surface area is 184 Å². The lowest BCUT2D eigenvalue weighted by Gasteiger charge is -2.25. The van der Waals surface area contributed by atoms with E-state index in [0.717, 1.165) is 64.4 Å². The number of fused-ring (bicyclic) bond motifs is 2. The van der Waals surface area contributed by atoms with Crippen LogP contribution in [0.15, 0.2) is 53.5 Å². The third-order valence-corrected chi connectivity index (χ3v) is 6.57. The molecule has 0 saturated heterocycles. The van der Waals surface area contributed by atoms with Gasteiger partial charge < -0.3 is 15.3 Å². The van der Waals surface area contributed by atoms with Crippen LogP contribution in [0.1, 0.15) is 31.7 Å². The highest BCUT2D eigenvalue weighted by Crippen LogP contribution is 2.39. The average molecular weight is 428 g/mol. The highest BCUT2D eigenvalue weighted by Gasteiger charge is 2.23. The van der Waals surface area contributed by atoms with Crippen molar-refractivity contribution in [2.45, 2.75) is 37.8 Å². The number of pyridine rings is 1. The molecule has 4 aromatic heterocycles. The zero-order valence-corrected chi connectivity index (χ0v) is 17.8. The molecule has 6 rings (SSSR count). The summed E-state index contributed by atoms with van der Waals surface area (Å²) in [5, 5.41) is 20.8. The van der Waals surface area contributed by atoms with Crippen molar-refractivity contribution in [2.75, 3.05) is 5.73 Å². The Morgan fingerprint density at radius 2 is 1.91 bits per heavy atom. The fourth-order valence-corrected chi connectivity index (χ4v) is 4.84. The van der Waals surface area contributed by atoms with Crippen molar-refractivity contribution in [2.24, 2.45) is 7.05 Å². The number of nitrogens with zero attached hydrogens (tertiary/aromatic N) is 5. The molecule has 3 N–H and O–H groups in total. The topological polar surface area (TPSA) is 108 Å². The van der Waals surface area contributed by atoms with Gasteiger partial charge in [0.2, 0.25) is 0 Å². The number of furan rings is 1. The standard InChI is InChI=1S/C24H24N6O2/c1-29-22-14(10-27-29)3-2-4-18(22)21-9-19-20(12-26-24(25)23(19)32-21)15-11-28-30(13-15)16-5-7-17(31)8-6-16/h2-4,9-13,16-17,31H,5-8H2,1H3,(H2,25,26)/t16-,17-. The summed E-state index contributed by atoms with van der Waals surface area (Å²) in [6.45, 7) is 0. The highest BCUT2D eigenvalue weighted by molar-refractivity contribution is 6.02. The third-order valence-electron chi connectivity index (χ3n) is 6.57. The Bertz CT molecular complexity index is 1440. The highest BCUT2D eigenvalue weighted by atomic mass is 16.3. The summed E-state index contributed by atoms with van der Waals surface area (Å²) in [5.41, 5.74) is 10.6. The van der Waals surface area contributed by atoms with Gasteiger partial charge in [-0.2, -0.15) is 10.2 Å². The van der Waals surface area contributed by atoms with Crippen molar-refractivity contribution in [1.29, 1.82) is 0 Å². The number of para-hydroxylation sites is 1. The lowest BCUT2D eigenvalue weighted by atomic mass is 9.93. The molecule has 0 spiro atoms. The molecule has 1 aliphatic carbocycles. The van der Waals surface area contributed by atoms with Crippen molar-refractivity contribution >= 4 is 27.7 Å². The van der Waals surface area contributed by atoms with Gasteiger partial charge in [0.1, 0.15) is 5.76 Å². The van der Waals surface area contributed by atoms with Crippen LogP contribution in [-0.2, 0) is 7.05 Å². The van der Waals surface area contributed by atoms with E-state index in [0.29, 0.717) is 17.4 Å². The molecule has 8 nitrogen and oxygen atoms in total. The molecule has 0 atom stereocenters. The normalized spacial score (nSPS) is 19.2. The van der Waals surface area contributed by atoms with Crippen LogP contribution in [0.5, 0.6) is 0 Å². The predicted molar refractivity (Wildman–Crippen MR) is 123 cm³/mol. The summed E-state index contributed by atoms with van der Waals surface area (Å²) in [6, 6.07) is 8.40. The van der Waals surface area contributed by atoms with Crippen molar-refractivity contribution in [3.05, 3.63) is 49.1 Å². The van der Waals surface area contributed by atoms with Crippen molar-refractivity contribution in [3.63, 3.8) is 0 Å². The molecule has 5 aromatic rings. The van der Waals surface area contributed by atoms with E-state index < -0.39 is 0 Å². The van der Waals surface area contributed by atoms with Crippen molar-refractivity contribution in [3.8, 4) is 22.5 Å². The summed E-state index contributed by atoms with van der Waals surface area (Å²) in [4.78, 5) is 4.39. The van der Waals surface area contributed by atoms with Gasteiger partial charge in [-0.25, -0.2) is 4.98 Å². The van der Waals surface area contributed by atoms with Gasteiger partial charge in [-0.1, -0.05) is 12.1 Å². The minimum Gasteiger partial charge on any atom is -0.452 e. The van der Waals surface area contributed by atoms with E-state index in [-0.39, 0.29) is 6.10 Å². The van der Waals surface area contributed by atoms with E-state index in [1.165, 1.54) is 0 Å². The quantitative estimate of drug-likeness (QED) is 0.443. The van der Waals surface area contributed by atoms with Crippen LogP contribution in [0.2, 0.25) is 0 Å². The summed E-state index contributed by atoms with van der Waals surface area (Å²) in [5.74, 6) is 1.09. The van der Waals surface area contributed by atoms with Gasteiger partial charge in [0.05, 0.1) is 30.1 Å². The number of hydrogen-bond acceptors (Lipinski definition) is 6. The molecule has 1 saturated carbocycles. The SMILES string of the molecule is Cn1ncc2cccc(-c3cc4c(-c5cnn([C@H]6CC[C@H](O)CC6)c5)cnc(N)c4o3)c21. The zero-order valence-electron chi connectivity index (χ0n) is 17.8. The summed E-state index contributed by atoms with van der Waals surface area (Å²) in [7, 11) is 1.93. The average Bonchev–Trinajstić information content (AvgIpc) is 3.54. The Kier molecular flexibility index (Phi) is 4.29. The van der Waals surface area contributed by atoms with Crippen LogP contribution in [0, 0.1) is 0 Å². The van der Waals surface area contributed by atoms with E-state index in [2.05, 4.69) is 21.4 Å². The molecular weight excluding hydrogens is 404 g/mol. The van der Waals surface area contributed by atoms with Gasteiger partial charge >= 0.3 is 0 Å². The summed E-state index contributed by atoms with van der Waals surface area (Å²) < 4.78 is 10.1. The number of aryl methyl sites for hydroxylation is 1. The first-order chi connectivity index (χ1) is 15.6. The largest absolute Gasteiger partial charge is 0.452 e. The molecule has 8 heteroatoms. The second kappa shape index (κ2) is 7.20. The number of aliphatic hydroxyl groups excluding tert-OH is 1. The number of rotatable bonds is 3. The first-order valence-electron chi connectivity index (χ1n) is 10.9. The molecule has 32 heavy (non-hydrogen) atoms. The molecule has 1 aromatic carbocycles. The van der Waals surface area contributed by atoms with E-state index in [4.69, 9.17) is 10.2 Å². The number of anilines is 1. The van der Waals surface area contributed by atoms with E-state index in [1.807, 2.05) is 53.1 Å². The van der Waals surface area contributed by atoms with Crippen LogP contribution >= 0.6 is 0 Å². The maximum Gasteiger partial charge on any atom is 0.177 e. The number of nitrogen functional groups attached to an aromatic ring is 1. The molecule has 0 unspecified atom stereocenters. The maximum atomic E-state index is 9.80. The Morgan fingerprint density at radius 3 is 2.75 bits per heavy atom. The Morgan fingerprint density at radius 1 is 1.06 bits per heavy atom. The summed E-state index contributed by atoms with van der Waals surface area (Å²) in [6.07, 6.45) is 10.9. The second-order valence-corrected chi connectivity index (χ2v) is 8.59. The Hall–Kier alpha value is -3.65. The second-order valence-electron chi connectivity index (χ2n) is 8.59. The van der Waals surface area contributed by atoms with E-state index >= 15 is 0 Å². The lowest BCUT2D eigenvalue weighted by Crippen LogP contribution is -2.21. The fraction of sp³-hybridized carbons (Fsp3) is 0.292. The fourth-order valence-electron chi connectivity index (χ4n) is 4.84. The van der Waals surface area contributed by atoms with Gasteiger partial charge in [0, 0.05) is 46.9 Å². The number of hydrogen-bond donors (Lipinski definition) is 2. The monoisotopic (exact) mass is 428 g/mol. The van der Waals surface area contributed by atoms with Crippen LogP contribution in [-0.4, -0.2) is 35.8 Å². The molecule has 1 aliphatic rings. The smallest absolute Gasteiger partial charge is 0.177 e. The van der Waals surface area contributed by atoms with Gasteiger partial charge in [0.25, 0.3) is 0 Å². The molecular formula is C24H24N6O2. The van der Waals surface area contributed by atoms with Gasteiger partial charge in [0.15, 0.2) is 11.4 Å². The van der Waals surface area contributed by atoms with Crippen LogP contribution in [0.25, 0.3) is 44.3 Å². The van der Waals surface area contributed by atoms with Gasteiger partial charge in [-0.15, -0.1) is 0 Å². The minimum absolute atomic E-state index is 0.185.